The van der Waals surface area contributed by atoms with Gasteiger partial charge in [-0.2, -0.15) is 0 Å². The van der Waals surface area contributed by atoms with E-state index in [4.69, 9.17) is 9.88 Å². The molecule has 1 unspecified atom stereocenters. The minimum Gasteiger partial charge on any atom is -0.489 e. The molecular formula is C19H25FN4O3S. The molecule has 0 aliphatic rings. The predicted octanol–water partition coefficient (Wildman–Crippen LogP) is 2.00. The number of hydrogen-bond acceptors (Lipinski definition) is 4. The molecule has 0 amide bonds. The monoisotopic (exact) mass is 408 g/mol. The number of halogens is 1. The molecule has 0 radical (unpaired) electrons. The molecule has 0 saturated carbocycles. The average Bonchev–Trinajstić information content (AvgIpc) is 2.63. The number of nitrogens with two attached hydrogens (primary N) is 1. The number of ether oxygens (including phenoxy) is 1. The van der Waals surface area contributed by atoms with Gasteiger partial charge in [0.25, 0.3) is 0 Å². The van der Waals surface area contributed by atoms with E-state index in [1.807, 2.05) is 13.8 Å². The molecule has 2 aromatic carbocycles. The Balaban J connectivity index is 1.92. The van der Waals surface area contributed by atoms with Crippen LogP contribution in [-0.2, 0) is 16.6 Å². The molecule has 2 rings (SSSR count). The van der Waals surface area contributed by atoms with Crippen LogP contribution in [0.5, 0.6) is 5.75 Å². The highest BCUT2D eigenvalue weighted by molar-refractivity contribution is 7.89. The van der Waals surface area contributed by atoms with E-state index >= 15 is 0 Å². The van der Waals surface area contributed by atoms with Gasteiger partial charge in [-0.25, -0.2) is 22.9 Å². The number of benzene rings is 2. The van der Waals surface area contributed by atoms with Gasteiger partial charge in [0.1, 0.15) is 17.7 Å². The normalized spacial score (nSPS) is 13.1. The molecule has 0 aliphatic heterocycles. The molecule has 0 aliphatic carbocycles. The first-order valence-corrected chi connectivity index (χ1v) is 10.4. The highest BCUT2D eigenvalue weighted by Gasteiger charge is 2.08. The number of guanidine groups is 1. The summed E-state index contributed by atoms with van der Waals surface area (Å²) in [5.74, 6) is 0.708. The summed E-state index contributed by atoms with van der Waals surface area (Å²) in [5, 5.41) is 11.4. The second kappa shape index (κ2) is 10.0. The van der Waals surface area contributed by atoms with Gasteiger partial charge in [-0.3, -0.25) is 0 Å². The van der Waals surface area contributed by atoms with Crippen LogP contribution in [0.15, 0.2) is 58.4 Å². The summed E-state index contributed by atoms with van der Waals surface area (Å²) < 4.78 is 41.5. The largest absolute Gasteiger partial charge is 0.489 e. The number of primary sulfonamides is 1. The van der Waals surface area contributed by atoms with Crippen molar-refractivity contribution in [3.63, 3.8) is 0 Å². The van der Waals surface area contributed by atoms with E-state index in [0.717, 1.165) is 5.56 Å². The molecule has 0 bridgehead atoms. The summed E-state index contributed by atoms with van der Waals surface area (Å²) in [6.45, 7) is 5.32. The SMILES string of the molecule is CCNC(=NCc1ccc(S(N)(=O)=O)cc1)NCC(C)Oc1cccc(F)c1. The molecule has 2 aromatic rings. The van der Waals surface area contributed by atoms with Crippen molar-refractivity contribution in [2.24, 2.45) is 10.1 Å². The van der Waals surface area contributed by atoms with Crippen LogP contribution in [0.4, 0.5) is 4.39 Å². The lowest BCUT2D eigenvalue weighted by Gasteiger charge is -2.17. The van der Waals surface area contributed by atoms with Gasteiger partial charge in [0, 0.05) is 12.6 Å². The standard InChI is InChI=1S/C19H25FN4O3S/c1-3-22-19(23-12-14(2)27-17-6-4-5-16(20)11-17)24-13-15-7-9-18(10-8-15)28(21,25)26/h4-11,14H,3,12-13H2,1-2H3,(H2,21,25,26)(H2,22,23,24). The lowest BCUT2D eigenvalue weighted by Crippen LogP contribution is -2.41. The van der Waals surface area contributed by atoms with Gasteiger partial charge in [-0.05, 0) is 43.7 Å². The molecule has 4 N–H and O–H groups in total. The van der Waals surface area contributed by atoms with E-state index in [0.29, 0.717) is 31.3 Å². The van der Waals surface area contributed by atoms with Crippen molar-refractivity contribution in [3.05, 3.63) is 59.9 Å². The molecule has 0 fully saturated rings. The second-order valence-electron chi connectivity index (χ2n) is 6.15. The Kier molecular flexibility index (Phi) is 7.77. The van der Waals surface area contributed by atoms with Gasteiger partial charge in [0.15, 0.2) is 5.96 Å². The lowest BCUT2D eigenvalue weighted by atomic mass is 10.2. The van der Waals surface area contributed by atoms with Gasteiger partial charge >= 0.3 is 0 Å². The highest BCUT2D eigenvalue weighted by Crippen LogP contribution is 2.13. The zero-order valence-corrected chi connectivity index (χ0v) is 16.7. The van der Waals surface area contributed by atoms with Gasteiger partial charge in [-0.15, -0.1) is 0 Å². The average molecular weight is 408 g/mol. The molecule has 28 heavy (non-hydrogen) atoms. The van der Waals surface area contributed by atoms with Gasteiger partial charge in [0.05, 0.1) is 18.0 Å². The molecule has 9 heteroatoms. The van der Waals surface area contributed by atoms with E-state index in [1.54, 1.807) is 24.3 Å². The van der Waals surface area contributed by atoms with Crippen molar-refractivity contribution >= 4 is 16.0 Å². The van der Waals surface area contributed by atoms with E-state index in [9.17, 15) is 12.8 Å². The third-order valence-electron chi connectivity index (χ3n) is 3.71. The molecular weight excluding hydrogens is 383 g/mol. The Morgan fingerprint density at radius 1 is 1.21 bits per heavy atom. The zero-order chi connectivity index (χ0) is 20.6. The summed E-state index contributed by atoms with van der Waals surface area (Å²) in [6.07, 6.45) is -0.209. The van der Waals surface area contributed by atoms with Crippen molar-refractivity contribution < 1.29 is 17.5 Å². The van der Waals surface area contributed by atoms with Crippen molar-refractivity contribution in [2.45, 2.75) is 31.4 Å². The van der Waals surface area contributed by atoms with Gasteiger partial charge in [-0.1, -0.05) is 18.2 Å². The fourth-order valence-corrected chi connectivity index (χ4v) is 2.87. The topological polar surface area (TPSA) is 106 Å². The Labute approximate surface area is 164 Å². The van der Waals surface area contributed by atoms with E-state index < -0.39 is 10.0 Å². The van der Waals surface area contributed by atoms with Crippen molar-refractivity contribution in [2.75, 3.05) is 13.1 Å². The van der Waals surface area contributed by atoms with Gasteiger partial charge in [0.2, 0.25) is 10.0 Å². The van der Waals surface area contributed by atoms with Crippen molar-refractivity contribution in [3.8, 4) is 5.75 Å². The fourth-order valence-electron chi connectivity index (χ4n) is 2.35. The second-order valence-corrected chi connectivity index (χ2v) is 7.71. The van der Waals surface area contributed by atoms with E-state index in [-0.39, 0.29) is 16.8 Å². The third-order valence-corrected chi connectivity index (χ3v) is 4.64. The first-order chi connectivity index (χ1) is 13.3. The highest BCUT2D eigenvalue weighted by atomic mass is 32.2. The summed E-state index contributed by atoms with van der Waals surface area (Å²) in [4.78, 5) is 4.53. The van der Waals surface area contributed by atoms with Crippen molar-refractivity contribution in [1.82, 2.24) is 10.6 Å². The number of rotatable bonds is 8. The molecule has 0 aromatic heterocycles. The number of nitrogens with zero attached hydrogens (tertiary/aromatic N) is 1. The molecule has 0 heterocycles. The zero-order valence-electron chi connectivity index (χ0n) is 15.9. The summed E-state index contributed by atoms with van der Waals surface area (Å²) in [7, 11) is -3.70. The minimum atomic E-state index is -3.70. The van der Waals surface area contributed by atoms with Crippen LogP contribution < -0.4 is 20.5 Å². The molecule has 0 spiro atoms. The smallest absolute Gasteiger partial charge is 0.238 e. The maximum absolute atomic E-state index is 13.2. The maximum Gasteiger partial charge on any atom is 0.238 e. The maximum atomic E-state index is 13.2. The van der Waals surface area contributed by atoms with Gasteiger partial charge < -0.3 is 15.4 Å². The fraction of sp³-hybridized carbons (Fsp3) is 0.316. The minimum absolute atomic E-state index is 0.0635. The molecule has 0 saturated heterocycles. The summed E-state index contributed by atoms with van der Waals surface area (Å²) >= 11 is 0. The Bertz CT molecular complexity index is 902. The third kappa shape index (κ3) is 7.16. The van der Waals surface area contributed by atoms with Crippen LogP contribution in [-0.4, -0.2) is 33.6 Å². The first-order valence-electron chi connectivity index (χ1n) is 8.84. The summed E-state index contributed by atoms with van der Waals surface area (Å²) in [6, 6.07) is 12.2. The van der Waals surface area contributed by atoms with Crippen LogP contribution in [0.3, 0.4) is 0 Å². The first kappa shape index (κ1) is 21.6. The number of hydrogen-bond donors (Lipinski definition) is 3. The number of aliphatic imine (C=N–C) groups is 1. The Morgan fingerprint density at radius 2 is 1.93 bits per heavy atom. The summed E-state index contributed by atoms with van der Waals surface area (Å²) in [5.41, 5.74) is 0.841. The predicted molar refractivity (Wildman–Crippen MR) is 107 cm³/mol. The van der Waals surface area contributed by atoms with Crippen molar-refractivity contribution in [1.29, 1.82) is 0 Å². The van der Waals surface area contributed by atoms with Crippen LogP contribution in [0.25, 0.3) is 0 Å². The quantitative estimate of drug-likeness (QED) is 0.458. The Hall–Kier alpha value is -2.65. The molecule has 152 valence electrons. The Morgan fingerprint density at radius 3 is 2.54 bits per heavy atom. The van der Waals surface area contributed by atoms with Crippen LogP contribution in [0.2, 0.25) is 0 Å². The lowest BCUT2D eigenvalue weighted by molar-refractivity contribution is 0.223. The van der Waals surface area contributed by atoms with E-state index in [2.05, 4.69) is 15.6 Å². The molecule has 7 nitrogen and oxygen atoms in total. The van der Waals surface area contributed by atoms with Crippen LogP contribution >= 0.6 is 0 Å². The number of nitrogens with one attached hydrogen (secondary N) is 2. The number of sulfonamides is 1. The van der Waals surface area contributed by atoms with Crippen LogP contribution in [0, 0.1) is 5.82 Å². The molecule has 1 atom stereocenters. The van der Waals surface area contributed by atoms with Crippen LogP contribution in [0.1, 0.15) is 19.4 Å². The van der Waals surface area contributed by atoms with E-state index in [1.165, 1.54) is 24.3 Å².